The van der Waals surface area contributed by atoms with E-state index in [0.29, 0.717) is 5.92 Å². The summed E-state index contributed by atoms with van der Waals surface area (Å²) >= 11 is 0. The van der Waals surface area contributed by atoms with Gasteiger partial charge in [-0.05, 0) is 11.5 Å². The Hall–Kier alpha value is -1.77. The third kappa shape index (κ3) is 1.46. The van der Waals surface area contributed by atoms with Gasteiger partial charge >= 0.3 is 0 Å². The third-order valence-electron chi connectivity index (χ3n) is 3.45. The van der Waals surface area contributed by atoms with Crippen molar-refractivity contribution >= 4 is 16.8 Å². The molecule has 0 saturated carbocycles. The number of aromatic amines is 1. The minimum atomic E-state index is 0.0541. The summed E-state index contributed by atoms with van der Waals surface area (Å²) in [4.78, 5) is 15.3. The number of hydrogen-bond acceptors (Lipinski definition) is 1. The standard InChI is InChI=1S/C14H16N2O/c1-8(2)9-4-3-5-10-12-11(16-13(9)10)6-7-15-14(12)17/h3-5,8,16H,6-7H2,1-2H3,(H,15,17). The van der Waals surface area contributed by atoms with Gasteiger partial charge in [0.1, 0.15) is 0 Å². The normalized spacial score (nSPS) is 15.1. The smallest absolute Gasteiger partial charge is 0.253 e. The maximum atomic E-state index is 11.9. The number of carbonyl (C=O) groups is 1. The summed E-state index contributed by atoms with van der Waals surface area (Å²) in [6.45, 7) is 5.08. The van der Waals surface area contributed by atoms with E-state index in [1.165, 1.54) is 5.56 Å². The van der Waals surface area contributed by atoms with Crippen LogP contribution in [0.4, 0.5) is 0 Å². The van der Waals surface area contributed by atoms with E-state index in [4.69, 9.17) is 0 Å². The van der Waals surface area contributed by atoms with Crippen LogP contribution >= 0.6 is 0 Å². The van der Waals surface area contributed by atoms with Crippen LogP contribution in [0, 0.1) is 0 Å². The summed E-state index contributed by atoms with van der Waals surface area (Å²) < 4.78 is 0. The maximum Gasteiger partial charge on any atom is 0.253 e. The predicted octanol–water partition coefficient (Wildman–Crippen LogP) is 2.58. The average Bonchev–Trinajstić information content (AvgIpc) is 2.67. The number of hydrogen-bond donors (Lipinski definition) is 2. The molecule has 1 aromatic heterocycles. The first-order chi connectivity index (χ1) is 8.18. The van der Waals surface area contributed by atoms with Crippen molar-refractivity contribution < 1.29 is 4.79 Å². The molecule has 0 spiro atoms. The summed E-state index contributed by atoms with van der Waals surface area (Å²) in [7, 11) is 0. The molecular formula is C14H16N2O. The molecule has 1 aliphatic rings. The van der Waals surface area contributed by atoms with Crippen molar-refractivity contribution in [2.75, 3.05) is 6.54 Å². The molecule has 0 fully saturated rings. The van der Waals surface area contributed by atoms with Gasteiger partial charge in [-0.25, -0.2) is 0 Å². The number of fused-ring (bicyclic) bond motifs is 3. The monoisotopic (exact) mass is 228 g/mol. The van der Waals surface area contributed by atoms with Gasteiger partial charge in [0.15, 0.2) is 0 Å². The van der Waals surface area contributed by atoms with Crippen molar-refractivity contribution in [3.8, 4) is 0 Å². The summed E-state index contributed by atoms with van der Waals surface area (Å²) in [6.07, 6.45) is 0.896. The van der Waals surface area contributed by atoms with Crippen LogP contribution in [0.2, 0.25) is 0 Å². The summed E-state index contributed by atoms with van der Waals surface area (Å²) in [5, 5.41) is 3.96. The number of rotatable bonds is 1. The number of carbonyl (C=O) groups excluding carboxylic acids is 1. The third-order valence-corrected chi connectivity index (χ3v) is 3.45. The first-order valence-electron chi connectivity index (χ1n) is 6.10. The van der Waals surface area contributed by atoms with Crippen LogP contribution in [0.1, 0.15) is 41.4 Å². The van der Waals surface area contributed by atoms with Crippen LogP contribution in [0.25, 0.3) is 10.9 Å². The minimum Gasteiger partial charge on any atom is -0.357 e. The first kappa shape index (κ1) is 10.4. The molecule has 3 rings (SSSR count). The lowest BCUT2D eigenvalue weighted by atomic mass is 9.98. The highest BCUT2D eigenvalue weighted by Crippen LogP contribution is 2.30. The van der Waals surface area contributed by atoms with Crippen molar-refractivity contribution in [1.29, 1.82) is 0 Å². The minimum absolute atomic E-state index is 0.0541. The van der Waals surface area contributed by atoms with Gasteiger partial charge < -0.3 is 10.3 Å². The van der Waals surface area contributed by atoms with Gasteiger partial charge in [0.25, 0.3) is 5.91 Å². The zero-order valence-corrected chi connectivity index (χ0v) is 10.1. The van der Waals surface area contributed by atoms with E-state index >= 15 is 0 Å². The lowest BCUT2D eigenvalue weighted by Crippen LogP contribution is -2.31. The van der Waals surface area contributed by atoms with Gasteiger partial charge in [0.05, 0.1) is 5.56 Å². The molecule has 0 bridgehead atoms. The summed E-state index contributed by atoms with van der Waals surface area (Å²) in [5.41, 5.74) is 4.33. The first-order valence-corrected chi connectivity index (χ1v) is 6.10. The molecule has 0 radical (unpaired) electrons. The Morgan fingerprint density at radius 2 is 2.12 bits per heavy atom. The largest absolute Gasteiger partial charge is 0.357 e. The number of amides is 1. The number of benzene rings is 1. The average molecular weight is 228 g/mol. The zero-order valence-electron chi connectivity index (χ0n) is 10.1. The van der Waals surface area contributed by atoms with E-state index in [1.54, 1.807) is 0 Å². The second kappa shape index (κ2) is 3.62. The molecular weight excluding hydrogens is 212 g/mol. The molecule has 1 aromatic carbocycles. The molecule has 1 aliphatic heterocycles. The molecule has 3 nitrogen and oxygen atoms in total. The molecule has 17 heavy (non-hydrogen) atoms. The number of H-pyrrole nitrogens is 1. The Labute approximate surface area is 100 Å². The molecule has 0 saturated heterocycles. The van der Waals surface area contributed by atoms with Crippen molar-refractivity contribution in [3.63, 3.8) is 0 Å². The van der Waals surface area contributed by atoms with Gasteiger partial charge in [-0.3, -0.25) is 4.79 Å². The molecule has 0 aliphatic carbocycles. The van der Waals surface area contributed by atoms with Gasteiger partial charge in [0.2, 0.25) is 0 Å². The Morgan fingerprint density at radius 3 is 2.88 bits per heavy atom. The second-order valence-electron chi connectivity index (χ2n) is 4.91. The fraction of sp³-hybridized carbons (Fsp3) is 0.357. The lowest BCUT2D eigenvalue weighted by molar-refractivity contribution is 0.0947. The van der Waals surface area contributed by atoms with Gasteiger partial charge in [-0.1, -0.05) is 32.0 Å². The van der Waals surface area contributed by atoms with Gasteiger partial charge in [0, 0.05) is 29.6 Å². The highest BCUT2D eigenvalue weighted by Gasteiger charge is 2.23. The van der Waals surface area contributed by atoms with Crippen LogP contribution in [0.3, 0.4) is 0 Å². The van der Waals surface area contributed by atoms with E-state index in [1.807, 2.05) is 12.1 Å². The van der Waals surface area contributed by atoms with Gasteiger partial charge in [-0.15, -0.1) is 0 Å². The van der Waals surface area contributed by atoms with Crippen LogP contribution in [0.15, 0.2) is 18.2 Å². The number of para-hydroxylation sites is 1. The summed E-state index contributed by atoms with van der Waals surface area (Å²) in [5.74, 6) is 0.514. The van der Waals surface area contributed by atoms with E-state index in [-0.39, 0.29) is 5.91 Å². The lowest BCUT2D eigenvalue weighted by Gasteiger charge is -2.11. The number of nitrogens with one attached hydrogen (secondary N) is 2. The Kier molecular flexibility index (Phi) is 2.21. The van der Waals surface area contributed by atoms with Crippen LogP contribution in [0.5, 0.6) is 0 Å². The molecule has 0 unspecified atom stereocenters. The SMILES string of the molecule is CC(C)c1cccc2c3c([nH]c12)CCNC3=O. The van der Waals surface area contributed by atoms with Crippen molar-refractivity contribution in [3.05, 3.63) is 35.0 Å². The second-order valence-corrected chi connectivity index (χ2v) is 4.91. The Balaban J connectivity index is 2.34. The Bertz CT molecular complexity index is 596. The highest BCUT2D eigenvalue weighted by atomic mass is 16.1. The Morgan fingerprint density at radius 1 is 1.29 bits per heavy atom. The number of aromatic nitrogens is 1. The molecule has 2 N–H and O–H groups in total. The van der Waals surface area contributed by atoms with E-state index in [0.717, 1.165) is 35.1 Å². The highest BCUT2D eigenvalue weighted by molar-refractivity contribution is 6.09. The van der Waals surface area contributed by atoms with Crippen LogP contribution in [-0.4, -0.2) is 17.4 Å². The van der Waals surface area contributed by atoms with Crippen molar-refractivity contribution in [1.82, 2.24) is 10.3 Å². The fourth-order valence-corrected chi connectivity index (χ4v) is 2.61. The van der Waals surface area contributed by atoms with E-state index in [2.05, 4.69) is 30.2 Å². The predicted molar refractivity (Wildman–Crippen MR) is 68.4 cm³/mol. The summed E-state index contributed by atoms with van der Waals surface area (Å²) in [6, 6.07) is 6.20. The van der Waals surface area contributed by atoms with E-state index in [9.17, 15) is 4.79 Å². The fourth-order valence-electron chi connectivity index (χ4n) is 2.61. The van der Waals surface area contributed by atoms with Crippen LogP contribution in [-0.2, 0) is 6.42 Å². The molecule has 3 heteroatoms. The molecule has 1 amide bonds. The molecule has 2 heterocycles. The van der Waals surface area contributed by atoms with Gasteiger partial charge in [-0.2, -0.15) is 0 Å². The van der Waals surface area contributed by atoms with Crippen molar-refractivity contribution in [2.24, 2.45) is 0 Å². The van der Waals surface area contributed by atoms with E-state index < -0.39 is 0 Å². The molecule has 88 valence electrons. The topological polar surface area (TPSA) is 44.9 Å². The van der Waals surface area contributed by atoms with Crippen molar-refractivity contribution in [2.45, 2.75) is 26.2 Å². The zero-order chi connectivity index (χ0) is 12.0. The van der Waals surface area contributed by atoms with Crippen LogP contribution < -0.4 is 5.32 Å². The molecule has 2 aromatic rings. The maximum absolute atomic E-state index is 11.9. The quantitative estimate of drug-likeness (QED) is 0.774. The molecule has 0 atom stereocenters.